The van der Waals surface area contributed by atoms with Crippen molar-refractivity contribution in [3.63, 3.8) is 0 Å². The van der Waals surface area contributed by atoms with Crippen LogP contribution in [0.4, 0.5) is 0 Å². The Bertz CT molecular complexity index is 210. The molecule has 3 fully saturated rings. The third-order valence-corrected chi connectivity index (χ3v) is 4.75. The predicted octanol–water partition coefficient (Wildman–Crippen LogP) is 1.46. The first-order valence-electron chi connectivity index (χ1n) is 6.24. The Balaban J connectivity index is 1.56. The predicted molar refractivity (Wildman–Crippen MR) is 58.0 cm³/mol. The molecule has 2 saturated carbocycles. The monoisotopic (exact) mass is 194 g/mol. The second kappa shape index (κ2) is 3.21. The maximum Gasteiger partial charge on any atom is 0.00503 e. The molecule has 1 heterocycles. The van der Waals surface area contributed by atoms with Gasteiger partial charge in [0, 0.05) is 19.6 Å². The van der Waals surface area contributed by atoms with E-state index in [0.717, 1.165) is 18.4 Å². The highest BCUT2D eigenvalue weighted by Crippen LogP contribution is 2.47. The van der Waals surface area contributed by atoms with Crippen LogP contribution in [0.2, 0.25) is 0 Å². The Morgan fingerprint density at radius 2 is 1.79 bits per heavy atom. The summed E-state index contributed by atoms with van der Waals surface area (Å²) in [5, 5.41) is 0. The maximum atomic E-state index is 5.84. The lowest BCUT2D eigenvalue weighted by Gasteiger charge is -2.22. The highest BCUT2D eigenvalue weighted by atomic mass is 15.2. The molecule has 0 aromatic heterocycles. The molecular weight excluding hydrogens is 172 g/mol. The zero-order chi connectivity index (χ0) is 9.60. The van der Waals surface area contributed by atoms with Crippen molar-refractivity contribution in [1.29, 1.82) is 0 Å². The number of nitrogens with zero attached hydrogens (tertiary/aromatic N) is 1. The van der Waals surface area contributed by atoms with E-state index in [1.807, 2.05) is 0 Å². The molecule has 2 heteroatoms. The van der Waals surface area contributed by atoms with E-state index < -0.39 is 0 Å². The van der Waals surface area contributed by atoms with Gasteiger partial charge in [0.15, 0.2) is 0 Å². The van der Waals surface area contributed by atoms with E-state index in [2.05, 4.69) is 4.90 Å². The van der Waals surface area contributed by atoms with E-state index in [9.17, 15) is 0 Å². The smallest absolute Gasteiger partial charge is 0.00503 e. The number of likely N-dealkylation sites (tertiary alicyclic amines) is 1. The summed E-state index contributed by atoms with van der Waals surface area (Å²) in [7, 11) is 0. The van der Waals surface area contributed by atoms with Crippen LogP contribution in [0.25, 0.3) is 0 Å². The highest BCUT2D eigenvalue weighted by Gasteiger charge is 2.45. The molecule has 0 bridgehead atoms. The molecule has 80 valence electrons. The molecule has 2 aliphatic carbocycles. The molecule has 0 aromatic carbocycles. The molecule has 3 rings (SSSR count). The van der Waals surface area contributed by atoms with Gasteiger partial charge in [0.25, 0.3) is 0 Å². The minimum atomic E-state index is 0.554. The van der Waals surface area contributed by atoms with Crippen LogP contribution in [0, 0.1) is 17.3 Å². The molecule has 2 nitrogen and oxygen atoms in total. The molecule has 14 heavy (non-hydrogen) atoms. The Labute approximate surface area is 86.8 Å². The van der Waals surface area contributed by atoms with E-state index in [-0.39, 0.29) is 0 Å². The lowest BCUT2D eigenvalue weighted by atomic mass is 10.0. The van der Waals surface area contributed by atoms with E-state index >= 15 is 0 Å². The standard InChI is InChI=1S/C12H22N2/c13-8-12(4-5-12)9-14-6-10-2-1-3-11(10)7-14/h10-11H,1-9,13H2. The van der Waals surface area contributed by atoms with E-state index in [4.69, 9.17) is 5.73 Å². The van der Waals surface area contributed by atoms with Crippen LogP contribution in [0.3, 0.4) is 0 Å². The van der Waals surface area contributed by atoms with Crippen molar-refractivity contribution in [2.45, 2.75) is 32.1 Å². The maximum absolute atomic E-state index is 5.84. The van der Waals surface area contributed by atoms with E-state index in [1.54, 1.807) is 0 Å². The summed E-state index contributed by atoms with van der Waals surface area (Å²) in [4.78, 5) is 2.70. The van der Waals surface area contributed by atoms with Gasteiger partial charge in [0.05, 0.1) is 0 Å². The minimum absolute atomic E-state index is 0.554. The molecule has 2 unspecified atom stereocenters. The van der Waals surface area contributed by atoms with Gasteiger partial charge in [-0.15, -0.1) is 0 Å². The summed E-state index contributed by atoms with van der Waals surface area (Å²) in [6, 6.07) is 0. The summed E-state index contributed by atoms with van der Waals surface area (Å²) in [6.07, 6.45) is 7.25. The molecule has 0 aromatic rings. The lowest BCUT2D eigenvalue weighted by molar-refractivity contribution is 0.250. The van der Waals surface area contributed by atoms with Crippen LogP contribution in [-0.4, -0.2) is 31.1 Å². The fraction of sp³-hybridized carbons (Fsp3) is 1.00. The Morgan fingerprint density at radius 1 is 1.14 bits per heavy atom. The molecular formula is C12H22N2. The van der Waals surface area contributed by atoms with Crippen molar-refractivity contribution in [1.82, 2.24) is 4.90 Å². The Hall–Kier alpha value is -0.0800. The third-order valence-electron chi connectivity index (χ3n) is 4.75. The van der Waals surface area contributed by atoms with Gasteiger partial charge in [0.1, 0.15) is 0 Å². The Kier molecular flexibility index (Phi) is 2.10. The third kappa shape index (κ3) is 1.49. The van der Waals surface area contributed by atoms with Crippen molar-refractivity contribution in [3.05, 3.63) is 0 Å². The molecule has 0 amide bonds. The van der Waals surface area contributed by atoms with Gasteiger partial charge in [-0.3, -0.25) is 0 Å². The first kappa shape index (κ1) is 9.17. The molecule has 1 aliphatic heterocycles. The average molecular weight is 194 g/mol. The minimum Gasteiger partial charge on any atom is -0.330 e. The number of hydrogen-bond acceptors (Lipinski definition) is 2. The van der Waals surface area contributed by atoms with E-state index in [1.165, 1.54) is 51.7 Å². The first-order chi connectivity index (χ1) is 6.81. The van der Waals surface area contributed by atoms with Gasteiger partial charge in [-0.2, -0.15) is 0 Å². The van der Waals surface area contributed by atoms with Crippen molar-refractivity contribution >= 4 is 0 Å². The average Bonchev–Trinajstić information content (AvgIpc) is 2.62. The largest absolute Gasteiger partial charge is 0.330 e. The summed E-state index contributed by atoms with van der Waals surface area (Å²) in [6.45, 7) is 4.98. The van der Waals surface area contributed by atoms with Crippen LogP contribution in [-0.2, 0) is 0 Å². The molecule has 1 saturated heterocycles. The van der Waals surface area contributed by atoms with Crippen LogP contribution >= 0.6 is 0 Å². The molecule has 3 aliphatic rings. The second-order valence-corrected chi connectivity index (χ2v) is 5.85. The molecule has 2 atom stereocenters. The quantitative estimate of drug-likeness (QED) is 0.737. The van der Waals surface area contributed by atoms with Gasteiger partial charge in [-0.1, -0.05) is 6.42 Å². The number of rotatable bonds is 3. The Morgan fingerprint density at radius 3 is 2.29 bits per heavy atom. The van der Waals surface area contributed by atoms with Crippen molar-refractivity contribution < 1.29 is 0 Å². The SMILES string of the molecule is NCC1(CN2CC3CCCC3C2)CC1. The highest BCUT2D eigenvalue weighted by molar-refractivity contribution is 4.99. The second-order valence-electron chi connectivity index (χ2n) is 5.85. The normalized spacial score (nSPS) is 40.1. The van der Waals surface area contributed by atoms with Crippen LogP contribution < -0.4 is 5.73 Å². The summed E-state index contributed by atoms with van der Waals surface area (Å²) in [5.74, 6) is 2.09. The van der Waals surface area contributed by atoms with Gasteiger partial charge >= 0.3 is 0 Å². The van der Waals surface area contributed by atoms with E-state index in [0.29, 0.717) is 5.41 Å². The topological polar surface area (TPSA) is 29.3 Å². The summed E-state index contributed by atoms with van der Waals surface area (Å²) < 4.78 is 0. The van der Waals surface area contributed by atoms with Gasteiger partial charge in [-0.05, 0) is 49.5 Å². The molecule has 2 N–H and O–H groups in total. The van der Waals surface area contributed by atoms with Gasteiger partial charge in [0.2, 0.25) is 0 Å². The fourth-order valence-corrected chi connectivity index (χ4v) is 3.54. The van der Waals surface area contributed by atoms with Crippen molar-refractivity contribution in [2.75, 3.05) is 26.2 Å². The zero-order valence-corrected chi connectivity index (χ0v) is 9.04. The lowest BCUT2D eigenvalue weighted by Crippen LogP contribution is -2.33. The number of fused-ring (bicyclic) bond motifs is 1. The summed E-state index contributed by atoms with van der Waals surface area (Å²) in [5.41, 5.74) is 6.39. The fourth-order valence-electron chi connectivity index (χ4n) is 3.54. The number of nitrogens with two attached hydrogens (primary N) is 1. The van der Waals surface area contributed by atoms with Crippen LogP contribution in [0.5, 0.6) is 0 Å². The van der Waals surface area contributed by atoms with Gasteiger partial charge in [-0.25, -0.2) is 0 Å². The summed E-state index contributed by atoms with van der Waals surface area (Å²) >= 11 is 0. The van der Waals surface area contributed by atoms with Crippen LogP contribution in [0.15, 0.2) is 0 Å². The molecule has 0 spiro atoms. The van der Waals surface area contributed by atoms with Crippen molar-refractivity contribution in [2.24, 2.45) is 23.0 Å². The zero-order valence-electron chi connectivity index (χ0n) is 9.04. The first-order valence-corrected chi connectivity index (χ1v) is 6.24. The van der Waals surface area contributed by atoms with Crippen molar-refractivity contribution in [3.8, 4) is 0 Å². The number of hydrogen-bond donors (Lipinski definition) is 1. The van der Waals surface area contributed by atoms with Gasteiger partial charge < -0.3 is 10.6 Å². The van der Waals surface area contributed by atoms with Crippen LogP contribution in [0.1, 0.15) is 32.1 Å². The molecule has 0 radical (unpaired) electrons.